The molecule has 1 aliphatic heterocycles. The van der Waals surface area contributed by atoms with Crippen molar-refractivity contribution in [2.75, 3.05) is 18.7 Å². The van der Waals surface area contributed by atoms with Gasteiger partial charge in [0.05, 0.1) is 18.4 Å². The van der Waals surface area contributed by atoms with Gasteiger partial charge in [0.15, 0.2) is 11.5 Å². The first-order chi connectivity index (χ1) is 14.5. The number of carbonyl (C=O) groups excluding carboxylic acids is 1. The summed E-state index contributed by atoms with van der Waals surface area (Å²) in [6, 6.07) is 15.5. The van der Waals surface area contributed by atoms with E-state index in [1.807, 2.05) is 50.2 Å². The third-order valence-corrected chi connectivity index (χ3v) is 5.45. The zero-order valence-electron chi connectivity index (χ0n) is 16.6. The molecule has 1 amide bonds. The first-order valence-corrected chi connectivity index (χ1v) is 10.2. The number of benzene rings is 2. The Morgan fingerprint density at radius 3 is 2.80 bits per heavy atom. The van der Waals surface area contributed by atoms with Gasteiger partial charge in [-0.3, -0.25) is 4.79 Å². The van der Waals surface area contributed by atoms with Crippen LogP contribution in [0.2, 0.25) is 0 Å². The van der Waals surface area contributed by atoms with Gasteiger partial charge in [0.2, 0.25) is 6.79 Å². The van der Waals surface area contributed by atoms with Crippen LogP contribution in [0.3, 0.4) is 0 Å². The van der Waals surface area contributed by atoms with Gasteiger partial charge in [0, 0.05) is 33.2 Å². The van der Waals surface area contributed by atoms with Crippen LogP contribution in [0.25, 0.3) is 5.69 Å². The highest BCUT2D eigenvalue weighted by Gasteiger charge is 2.14. The van der Waals surface area contributed by atoms with Gasteiger partial charge >= 0.3 is 0 Å². The number of fused-ring (bicyclic) bond motifs is 1. The van der Waals surface area contributed by atoms with Crippen molar-refractivity contribution in [3.63, 3.8) is 0 Å². The van der Waals surface area contributed by atoms with Crippen molar-refractivity contribution >= 4 is 33.7 Å². The van der Waals surface area contributed by atoms with Crippen LogP contribution < -0.4 is 20.2 Å². The number of para-hydroxylation sites is 1. The lowest BCUT2D eigenvalue weighted by molar-refractivity contribution is -0.119. The van der Waals surface area contributed by atoms with E-state index in [4.69, 9.17) is 9.47 Å². The number of nitrogens with zero attached hydrogens (tertiary/aromatic N) is 2. The Labute approximate surface area is 182 Å². The van der Waals surface area contributed by atoms with Gasteiger partial charge in [-0.25, -0.2) is 5.43 Å². The fourth-order valence-corrected chi connectivity index (χ4v) is 3.79. The fourth-order valence-electron chi connectivity index (χ4n) is 3.32. The van der Waals surface area contributed by atoms with E-state index in [1.165, 1.54) is 0 Å². The van der Waals surface area contributed by atoms with Crippen LogP contribution in [0.4, 0.5) is 5.69 Å². The van der Waals surface area contributed by atoms with E-state index < -0.39 is 0 Å². The molecule has 3 aromatic rings. The maximum Gasteiger partial charge on any atom is 0.259 e. The number of nitrogens with one attached hydrogen (secondary N) is 2. The zero-order valence-corrected chi connectivity index (χ0v) is 18.2. The number of aromatic nitrogens is 1. The summed E-state index contributed by atoms with van der Waals surface area (Å²) < 4.78 is 13.8. The molecule has 8 heteroatoms. The Kier molecular flexibility index (Phi) is 5.76. The van der Waals surface area contributed by atoms with Crippen molar-refractivity contribution in [1.82, 2.24) is 9.99 Å². The zero-order chi connectivity index (χ0) is 21.1. The molecule has 1 aromatic heterocycles. The molecule has 2 heterocycles. The van der Waals surface area contributed by atoms with E-state index in [2.05, 4.69) is 42.4 Å². The van der Waals surface area contributed by atoms with E-state index in [0.717, 1.165) is 32.8 Å². The minimum Gasteiger partial charge on any atom is -0.454 e. The monoisotopic (exact) mass is 468 g/mol. The van der Waals surface area contributed by atoms with E-state index in [-0.39, 0.29) is 19.2 Å². The summed E-state index contributed by atoms with van der Waals surface area (Å²) >= 11 is 3.60. The molecule has 0 saturated heterocycles. The van der Waals surface area contributed by atoms with Gasteiger partial charge in [-0.2, -0.15) is 5.10 Å². The van der Waals surface area contributed by atoms with Gasteiger partial charge in [0.25, 0.3) is 5.91 Å². The van der Waals surface area contributed by atoms with Crippen LogP contribution in [0.1, 0.15) is 17.0 Å². The first-order valence-electron chi connectivity index (χ1n) is 9.42. The molecule has 0 fully saturated rings. The predicted molar refractivity (Wildman–Crippen MR) is 120 cm³/mol. The quantitative estimate of drug-likeness (QED) is 0.420. The van der Waals surface area contributed by atoms with Gasteiger partial charge in [-0.05, 0) is 60.1 Å². The molecular weight excluding hydrogens is 448 g/mol. The Morgan fingerprint density at radius 2 is 1.97 bits per heavy atom. The van der Waals surface area contributed by atoms with Crippen molar-refractivity contribution in [3.8, 4) is 17.2 Å². The molecule has 0 atom stereocenters. The molecular formula is C22H21BrN4O3. The highest BCUT2D eigenvalue weighted by atomic mass is 79.9. The van der Waals surface area contributed by atoms with Crippen molar-refractivity contribution in [1.29, 1.82) is 0 Å². The minimum atomic E-state index is -0.247. The molecule has 0 aliphatic carbocycles. The Morgan fingerprint density at radius 1 is 1.17 bits per heavy atom. The number of ether oxygens (including phenoxy) is 2. The molecule has 0 spiro atoms. The lowest BCUT2D eigenvalue weighted by Gasteiger charge is -2.11. The highest BCUT2D eigenvalue weighted by Crippen LogP contribution is 2.34. The number of rotatable bonds is 6. The normalized spacial score (nSPS) is 12.4. The third kappa shape index (κ3) is 4.18. The molecule has 154 valence electrons. The van der Waals surface area contributed by atoms with Crippen LogP contribution in [0.5, 0.6) is 11.5 Å². The average molecular weight is 469 g/mol. The molecule has 4 rings (SSSR count). The Hall–Kier alpha value is -3.26. The SMILES string of the molecule is Cc1cc(/C=N\NC(=O)CNc2ccc3c(c2)OCO3)c(C)n1-c1ccccc1Br. The molecule has 7 nitrogen and oxygen atoms in total. The molecule has 0 bridgehead atoms. The Balaban J connectivity index is 1.37. The second-order valence-electron chi connectivity index (χ2n) is 6.83. The molecule has 0 saturated carbocycles. The van der Waals surface area contributed by atoms with Gasteiger partial charge < -0.3 is 19.4 Å². The summed E-state index contributed by atoms with van der Waals surface area (Å²) in [6.45, 7) is 4.37. The number of anilines is 1. The number of hydrogen-bond acceptors (Lipinski definition) is 5. The van der Waals surface area contributed by atoms with Crippen molar-refractivity contribution in [2.45, 2.75) is 13.8 Å². The number of hydrazone groups is 1. The molecule has 2 N–H and O–H groups in total. The number of hydrogen-bond donors (Lipinski definition) is 2. The predicted octanol–water partition coefficient (Wildman–Crippen LogP) is 4.15. The molecule has 30 heavy (non-hydrogen) atoms. The summed E-state index contributed by atoms with van der Waals surface area (Å²) in [7, 11) is 0. The van der Waals surface area contributed by atoms with E-state index >= 15 is 0 Å². The van der Waals surface area contributed by atoms with Gasteiger partial charge in [0.1, 0.15) is 0 Å². The standard InChI is InChI=1S/C22H21BrN4O3/c1-14-9-16(15(2)27(14)19-6-4-3-5-18(19)23)11-25-26-22(28)12-24-17-7-8-20-21(10-17)30-13-29-20/h3-11,24H,12-13H2,1-2H3,(H,26,28)/b25-11-. The van der Waals surface area contributed by atoms with E-state index in [0.29, 0.717) is 11.5 Å². The van der Waals surface area contributed by atoms with Crippen molar-refractivity contribution in [3.05, 3.63) is 70.0 Å². The summed E-state index contributed by atoms with van der Waals surface area (Å²) in [5, 5.41) is 7.15. The molecule has 0 unspecified atom stereocenters. The van der Waals surface area contributed by atoms with Crippen molar-refractivity contribution in [2.24, 2.45) is 5.10 Å². The van der Waals surface area contributed by atoms with Crippen LogP contribution in [-0.2, 0) is 4.79 Å². The molecule has 2 aromatic carbocycles. The second kappa shape index (κ2) is 8.62. The molecule has 1 aliphatic rings. The second-order valence-corrected chi connectivity index (χ2v) is 7.68. The highest BCUT2D eigenvalue weighted by molar-refractivity contribution is 9.10. The van der Waals surface area contributed by atoms with Crippen LogP contribution in [0, 0.1) is 13.8 Å². The molecule has 0 radical (unpaired) electrons. The van der Waals surface area contributed by atoms with E-state index in [9.17, 15) is 4.79 Å². The lowest BCUT2D eigenvalue weighted by Crippen LogP contribution is -2.25. The van der Waals surface area contributed by atoms with E-state index in [1.54, 1.807) is 12.3 Å². The fraction of sp³-hybridized carbons (Fsp3) is 0.182. The largest absolute Gasteiger partial charge is 0.454 e. The minimum absolute atomic E-state index is 0.0902. The van der Waals surface area contributed by atoms with Crippen molar-refractivity contribution < 1.29 is 14.3 Å². The van der Waals surface area contributed by atoms with Crippen LogP contribution >= 0.6 is 15.9 Å². The Bertz CT molecular complexity index is 1120. The number of carbonyl (C=O) groups is 1. The summed E-state index contributed by atoms with van der Waals surface area (Å²) in [6.07, 6.45) is 1.66. The van der Waals surface area contributed by atoms with Gasteiger partial charge in [-0.1, -0.05) is 12.1 Å². The lowest BCUT2D eigenvalue weighted by atomic mass is 10.2. The maximum absolute atomic E-state index is 12.1. The summed E-state index contributed by atoms with van der Waals surface area (Å²) in [4.78, 5) is 12.1. The topological polar surface area (TPSA) is 76.9 Å². The first kappa shape index (κ1) is 20.0. The summed E-state index contributed by atoms with van der Waals surface area (Å²) in [5.74, 6) is 1.12. The smallest absolute Gasteiger partial charge is 0.259 e. The van der Waals surface area contributed by atoms with Crippen LogP contribution in [0.15, 0.2) is 58.1 Å². The number of halogens is 1. The average Bonchev–Trinajstić information content (AvgIpc) is 3.31. The number of aryl methyl sites for hydroxylation is 1. The summed E-state index contributed by atoms with van der Waals surface area (Å²) in [5.41, 5.74) is 7.44. The number of amides is 1. The maximum atomic E-state index is 12.1. The third-order valence-electron chi connectivity index (χ3n) is 4.78. The van der Waals surface area contributed by atoms with Crippen LogP contribution in [-0.4, -0.2) is 30.0 Å². The van der Waals surface area contributed by atoms with Gasteiger partial charge in [-0.15, -0.1) is 0 Å².